The molecule has 0 aliphatic carbocycles. The van der Waals surface area contributed by atoms with Crippen molar-refractivity contribution in [1.82, 2.24) is 19.8 Å². The first-order chi connectivity index (χ1) is 20.6. The van der Waals surface area contributed by atoms with Crippen molar-refractivity contribution in [3.8, 4) is 22.7 Å². The van der Waals surface area contributed by atoms with Gasteiger partial charge in [-0.25, -0.2) is 9.37 Å². The Hall–Kier alpha value is -4.18. The highest BCUT2D eigenvalue weighted by Crippen LogP contribution is 2.33. The third kappa shape index (κ3) is 7.07. The first kappa shape index (κ1) is 30.3. The molecule has 226 valence electrons. The second-order valence-corrected chi connectivity index (χ2v) is 10.7. The maximum Gasteiger partial charge on any atom is 0.419 e. The van der Waals surface area contributed by atoms with Crippen LogP contribution in [0.25, 0.3) is 16.9 Å². The Bertz CT molecular complexity index is 1530. The molecule has 0 saturated carbocycles. The molecule has 1 N–H and O–H groups in total. The van der Waals surface area contributed by atoms with Gasteiger partial charge in [0.15, 0.2) is 0 Å². The van der Waals surface area contributed by atoms with Crippen molar-refractivity contribution in [1.29, 1.82) is 0 Å². The number of benzene rings is 3. The smallest absolute Gasteiger partial charge is 0.419 e. The van der Waals surface area contributed by atoms with Gasteiger partial charge in [0.1, 0.15) is 17.4 Å². The molecule has 0 spiro atoms. The molecule has 1 aromatic heterocycles. The minimum atomic E-state index is -4.86. The van der Waals surface area contributed by atoms with Gasteiger partial charge in [0, 0.05) is 30.0 Å². The second kappa shape index (κ2) is 13.0. The third-order valence-corrected chi connectivity index (χ3v) is 7.66. The lowest BCUT2D eigenvalue weighted by atomic mass is 10.0. The van der Waals surface area contributed by atoms with Crippen LogP contribution in [0.4, 0.5) is 17.6 Å². The molecule has 1 fully saturated rings. The fourth-order valence-corrected chi connectivity index (χ4v) is 5.45. The summed E-state index contributed by atoms with van der Waals surface area (Å²) in [5, 5.41) is 3.41. The summed E-state index contributed by atoms with van der Waals surface area (Å²) in [5.41, 5.74) is 1.15. The number of nitrogens with zero attached hydrogens (tertiary/aromatic N) is 3. The summed E-state index contributed by atoms with van der Waals surface area (Å²) in [6.07, 6.45) is -1.42. The number of hydrogen-bond acceptors (Lipinski definition) is 4. The van der Waals surface area contributed by atoms with E-state index in [4.69, 9.17) is 9.72 Å². The highest BCUT2D eigenvalue weighted by Gasteiger charge is 2.35. The van der Waals surface area contributed by atoms with Gasteiger partial charge in [0.05, 0.1) is 30.3 Å². The van der Waals surface area contributed by atoms with Crippen LogP contribution in [-0.4, -0.2) is 46.1 Å². The van der Waals surface area contributed by atoms with Crippen LogP contribution in [0, 0.1) is 5.82 Å². The molecule has 1 amide bonds. The summed E-state index contributed by atoms with van der Waals surface area (Å²) in [6.45, 7) is 5.50. The van der Waals surface area contributed by atoms with Crippen molar-refractivity contribution >= 4 is 5.91 Å². The van der Waals surface area contributed by atoms with Crippen LogP contribution in [0.3, 0.4) is 0 Å². The SMILES string of the molecule is CCOc1ccc(-n2cc(-c3ccccc3)nc2[C@@H](C)N(C[C@H]2CCCN2)C(=O)Cc2ccc(F)c(C(F)(F)F)c2)cc1. The Kier molecular flexibility index (Phi) is 9.15. The van der Waals surface area contributed by atoms with Gasteiger partial charge in [-0.3, -0.25) is 4.79 Å². The minimum Gasteiger partial charge on any atom is -0.494 e. The van der Waals surface area contributed by atoms with Gasteiger partial charge in [-0.2, -0.15) is 13.2 Å². The number of ether oxygens (including phenoxy) is 1. The van der Waals surface area contributed by atoms with Gasteiger partial charge >= 0.3 is 6.18 Å². The molecule has 10 heteroatoms. The molecular weight excluding hydrogens is 560 g/mol. The largest absolute Gasteiger partial charge is 0.494 e. The molecule has 3 aromatic carbocycles. The van der Waals surface area contributed by atoms with Gasteiger partial charge in [-0.15, -0.1) is 0 Å². The maximum absolute atomic E-state index is 14.0. The zero-order valence-corrected chi connectivity index (χ0v) is 24.1. The van der Waals surface area contributed by atoms with E-state index < -0.39 is 23.6 Å². The number of nitrogens with one attached hydrogen (secondary N) is 1. The third-order valence-electron chi connectivity index (χ3n) is 7.66. The summed E-state index contributed by atoms with van der Waals surface area (Å²) >= 11 is 0. The molecule has 0 radical (unpaired) electrons. The van der Waals surface area contributed by atoms with Gasteiger partial charge in [-0.05, 0) is 75.2 Å². The van der Waals surface area contributed by atoms with Crippen molar-refractivity contribution < 1.29 is 27.1 Å². The van der Waals surface area contributed by atoms with Crippen molar-refractivity contribution in [3.05, 3.63) is 102 Å². The zero-order valence-electron chi connectivity index (χ0n) is 24.1. The van der Waals surface area contributed by atoms with Crippen LogP contribution in [0.1, 0.15) is 49.7 Å². The van der Waals surface area contributed by atoms with E-state index in [1.54, 1.807) is 4.90 Å². The normalized spacial score (nSPS) is 15.8. The Balaban J connectivity index is 1.52. The fourth-order valence-electron chi connectivity index (χ4n) is 5.45. The van der Waals surface area contributed by atoms with Gasteiger partial charge in [0.2, 0.25) is 5.91 Å². The highest BCUT2D eigenvalue weighted by molar-refractivity contribution is 5.79. The minimum absolute atomic E-state index is 0.0350. The van der Waals surface area contributed by atoms with Gasteiger partial charge < -0.3 is 19.5 Å². The monoisotopic (exact) mass is 594 g/mol. The number of imidazole rings is 1. The molecule has 2 heterocycles. The Morgan fingerprint density at radius 2 is 1.86 bits per heavy atom. The topological polar surface area (TPSA) is 59.4 Å². The number of aromatic nitrogens is 2. The lowest BCUT2D eigenvalue weighted by molar-refractivity contribution is -0.140. The number of alkyl halides is 3. The first-order valence-electron chi connectivity index (χ1n) is 14.4. The predicted molar refractivity (Wildman–Crippen MR) is 156 cm³/mol. The average molecular weight is 595 g/mol. The molecular formula is C33H34F4N4O2. The van der Waals surface area contributed by atoms with E-state index in [1.807, 2.05) is 79.2 Å². The van der Waals surface area contributed by atoms with Crippen LogP contribution in [0.5, 0.6) is 5.75 Å². The fraction of sp³-hybridized carbons (Fsp3) is 0.333. The van der Waals surface area contributed by atoms with Crippen LogP contribution >= 0.6 is 0 Å². The van der Waals surface area contributed by atoms with Crippen LogP contribution in [0.15, 0.2) is 79.0 Å². The first-order valence-corrected chi connectivity index (χ1v) is 14.4. The van der Waals surface area contributed by atoms with Gasteiger partial charge in [-0.1, -0.05) is 36.4 Å². The number of carbonyl (C=O) groups is 1. The van der Waals surface area contributed by atoms with E-state index in [0.717, 1.165) is 54.2 Å². The Labute approximate surface area is 248 Å². The van der Waals surface area contributed by atoms with E-state index in [9.17, 15) is 22.4 Å². The summed E-state index contributed by atoms with van der Waals surface area (Å²) in [7, 11) is 0. The Morgan fingerprint density at radius 3 is 2.51 bits per heavy atom. The average Bonchev–Trinajstić information content (AvgIpc) is 3.68. The van der Waals surface area contributed by atoms with Gasteiger partial charge in [0.25, 0.3) is 0 Å². The second-order valence-electron chi connectivity index (χ2n) is 10.7. The van der Waals surface area contributed by atoms with Crippen molar-refractivity contribution in [3.63, 3.8) is 0 Å². The number of rotatable bonds is 10. The summed E-state index contributed by atoms with van der Waals surface area (Å²) in [6, 6.07) is 19.5. The maximum atomic E-state index is 14.0. The van der Waals surface area contributed by atoms with Crippen LogP contribution < -0.4 is 10.1 Å². The number of halogens is 4. The van der Waals surface area contributed by atoms with Crippen molar-refractivity contribution in [2.45, 2.75) is 51.4 Å². The van der Waals surface area contributed by atoms with Crippen molar-refractivity contribution in [2.24, 2.45) is 0 Å². The molecule has 1 aliphatic heterocycles. The molecule has 4 aromatic rings. The molecule has 43 heavy (non-hydrogen) atoms. The standard InChI is InChI=1S/C33H34F4N4O2/c1-3-43-27-14-12-26(13-15-27)41-21-30(24-8-5-4-6-9-24)39-32(41)22(2)40(20-25-10-7-17-38-25)31(42)19-23-11-16-29(34)28(18-23)33(35,36)37/h4-6,8-9,11-16,18,21-22,25,38H,3,7,10,17,19-20H2,1-2H3/t22-,25-/m1/s1. The molecule has 1 saturated heterocycles. The van der Waals surface area contributed by atoms with Crippen LogP contribution in [0.2, 0.25) is 0 Å². The van der Waals surface area contributed by atoms with Crippen LogP contribution in [-0.2, 0) is 17.4 Å². The quantitative estimate of drug-likeness (QED) is 0.201. The van der Waals surface area contributed by atoms with Crippen molar-refractivity contribution in [2.75, 3.05) is 19.7 Å². The molecule has 0 bridgehead atoms. The molecule has 1 aliphatic rings. The van der Waals surface area contributed by atoms with E-state index >= 15 is 0 Å². The summed E-state index contributed by atoms with van der Waals surface area (Å²) < 4.78 is 61.7. The zero-order chi connectivity index (χ0) is 30.6. The lowest BCUT2D eigenvalue weighted by Gasteiger charge is -2.32. The Morgan fingerprint density at radius 1 is 1.12 bits per heavy atom. The van der Waals surface area contributed by atoms with E-state index in [-0.39, 0.29) is 23.9 Å². The lowest BCUT2D eigenvalue weighted by Crippen LogP contribution is -2.43. The molecule has 6 nitrogen and oxygen atoms in total. The summed E-state index contributed by atoms with van der Waals surface area (Å²) in [5.74, 6) is -0.409. The van der Waals surface area contributed by atoms with E-state index in [0.29, 0.717) is 19.0 Å². The number of hydrogen-bond donors (Lipinski definition) is 1. The molecule has 2 atom stereocenters. The predicted octanol–water partition coefficient (Wildman–Crippen LogP) is 6.98. The number of carbonyl (C=O) groups excluding carboxylic acids is 1. The van der Waals surface area contributed by atoms with E-state index in [1.165, 1.54) is 6.07 Å². The molecule has 0 unspecified atom stereocenters. The highest BCUT2D eigenvalue weighted by atomic mass is 19.4. The van der Waals surface area contributed by atoms with E-state index in [2.05, 4.69) is 5.32 Å². The number of amides is 1. The molecule has 5 rings (SSSR count). The summed E-state index contributed by atoms with van der Waals surface area (Å²) in [4.78, 5) is 20.5.